The van der Waals surface area contributed by atoms with E-state index < -0.39 is 27.9 Å². The fourth-order valence-corrected chi connectivity index (χ4v) is 5.60. The number of esters is 1. The summed E-state index contributed by atoms with van der Waals surface area (Å²) >= 11 is 4.68. The van der Waals surface area contributed by atoms with Gasteiger partial charge in [0.25, 0.3) is 0 Å². The van der Waals surface area contributed by atoms with Gasteiger partial charge in [-0.1, -0.05) is 40.2 Å². The molecule has 1 aliphatic heterocycles. The number of amidine groups is 1. The minimum absolute atomic E-state index is 0.0840. The molecule has 0 aliphatic carbocycles. The van der Waals surface area contributed by atoms with E-state index >= 15 is 0 Å². The monoisotopic (exact) mass is 578 g/mol. The van der Waals surface area contributed by atoms with Crippen molar-refractivity contribution in [3.8, 4) is 0 Å². The summed E-state index contributed by atoms with van der Waals surface area (Å²) in [4.78, 5) is 22.1. The van der Waals surface area contributed by atoms with Crippen molar-refractivity contribution in [2.75, 3.05) is 13.2 Å². The predicted molar refractivity (Wildman–Crippen MR) is 134 cm³/mol. The quantitative estimate of drug-likeness (QED) is 0.392. The maximum Gasteiger partial charge on any atom is 0.338 e. The van der Waals surface area contributed by atoms with Crippen molar-refractivity contribution in [3.05, 3.63) is 92.2 Å². The van der Waals surface area contributed by atoms with Crippen LogP contribution in [0.3, 0.4) is 0 Å². The lowest BCUT2D eigenvalue weighted by Gasteiger charge is -2.27. The molecular weight excluding hydrogens is 559 g/mol. The number of thiazole rings is 1. The summed E-state index contributed by atoms with van der Waals surface area (Å²) in [5, 5.41) is 5.37. The number of benzene rings is 2. The van der Waals surface area contributed by atoms with Gasteiger partial charge < -0.3 is 10.1 Å². The molecule has 0 saturated carbocycles. The molecule has 0 saturated heterocycles. The molecule has 2 aromatic carbocycles. The van der Waals surface area contributed by atoms with Crippen LogP contribution in [0.15, 0.2) is 85.7 Å². The Bertz CT molecular complexity index is 1390. The molecule has 35 heavy (non-hydrogen) atoms. The number of halogens is 2. The van der Waals surface area contributed by atoms with Crippen LogP contribution in [0, 0.1) is 5.82 Å². The van der Waals surface area contributed by atoms with Gasteiger partial charge in [-0.2, -0.15) is 0 Å². The minimum Gasteiger partial charge on any atom is -0.463 e. The van der Waals surface area contributed by atoms with Crippen molar-refractivity contribution >= 4 is 49.1 Å². The lowest BCUT2D eigenvalue weighted by molar-refractivity contribution is -0.139. The van der Waals surface area contributed by atoms with E-state index in [1.165, 1.54) is 41.7 Å². The number of rotatable bonds is 8. The SMILES string of the molecule is CCOC(=O)C1=C(CNS(=O)(=O)c2ccccc2)NC(c2nccs2)=NC1c1ccc(F)cc1Br. The molecule has 1 unspecified atom stereocenters. The highest BCUT2D eigenvalue weighted by Crippen LogP contribution is 2.36. The van der Waals surface area contributed by atoms with Crippen molar-refractivity contribution < 1.29 is 22.3 Å². The minimum atomic E-state index is -3.88. The third kappa shape index (κ3) is 5.67. The van der Waals surface area contributed by atoms with E-state index in [9.17, 15) is 17.6 Å². The standard InChI is InChI=1S/C23H20BrFN4O4S2/c1-2-33-23(30)19-18(13-27-35(31,32)15-6-4-3-5-7-15)28-21(22-26-10-11-34-22)29-20(19)16-9-8-14(25)12-17(16)24/h3-12,20,27H,2,13H2,1H3,(H,28,29). The summed E-state index contributed by atoms with van der Waals surface area (Å²) in [7, 11) is -3.88. The van der Waals surface area contributed by atoms with Crippen molar-refractivity contribution in [2.45, 2.75) is 17.9 Å². The molecule has 0 bridgehead atoms. The Morgan fingerprint density at radius 2 is 2.03 bits per heavy atom. The molecule has 3 aromatic rings. The maximum atomic E-state index is 13.8. The van der Waals surface area contributed by atoms with Gasteiger partial charge in [-0.25, -0.2) is 27.3 Å². The van der Waals surface area contributed by atoms with Crippen molar-refractivity contribution in [2.24, 2.45) is 4.99 Å². The molecule has 1 atom stereocenters. The molecule has 0 amide bonds. The van der Waals surface area contributed by atoms with Gasteiger partial charge in [-0.15, -0.1) is 11.3 Å². The Kier molecular flexibility index (Phi) is 7.75. The molecule has 0 fully saturated rings. The topological polar surface area (TPSA) is 110 Å². The molecule has 8 nitrogen and oxygen atoms in total. The zero-order valence-corrected chi connectivity index (χ0v) is 21.6. The Morgan fingerprint density at radius 1 is 1.26 bits per heavy atom. The number of nitrogens with zero attached hydrogens (tertiary/aromatic N) is 2. The number of carbonyl (C=O) groups excluding carboxylic acids is 1. The molecule has 1 aromatic heterocycles. The van der Waals surface area contributed by atoms with E-state index in [2.05, 4.69) is 35.9 Å². The van der Waals surface area contributed by atoms with E-state index in [0.717, 1.165) is 0 Å². The summed E-state index contributed by atoms with van der Waals surface area (Å²) in [6.07, 6.45) is 1.61. The highest BCUT2D eigenvalue weighted by molar-refractivity contribution is 9.10. The average Bonchev–Trinajstić information content (AvgIpc) is 3.38. The van der Waals surface area contributed by atoms with Crippen molar-refractivity contribution in [1.29, 1.82) is 0 Å². The first-order chi connectivity index (χ1) is 16.8. The van der Waals surface area contributed by atoms with Gasteiger partial charge >= 0.3 is 5.97 Å². The maximum absolute atomic E-state index is 13.8. The van der Waals surface area contributed by atoms with E-state index in [4.69, 9.17) is 4.74 Å². The first-order valence-electron chi connectivity index (χ1n) is 10.4. The molecule has 1 aliphatic rings. The van der Waals surface area contributed by atoms with Crippen molar-refractivity contribution in [1.82, 2.24) is 15.0 Å². The zero-order chi connectivity index (χ0) is 25.0. The van der Waals surface area contributed by atoms with Gasteiger partial charge in [0.05, 0.1) is 23.6 Å². The fraction of sp³-hybridized carbons (Fsp3) is 0.174. The second kappa shape index (κ2) is 10.8. The summed E-state index contributed by atoms with van der Waals surface area (Å²) in [5.41, 5.74) is 0.869. The Balaban J connectivity index is 1.80. The molecule has 2 heterocycles. The van der Waals surface area contributed by atoms with Gasteiger partial charge in [0.2, 0.25) is 10.0 Å². The van der Waals surface area contributed by atoms with Gasteiger partial charge in [0.1, 0.15) is 11.9 Å². The number of ether oxygens (including phenoxy) is 1. The van der Waals surface area contributed by atoms with Crippen LogP contribution < -0.4 is 10.0 Å². The summed E-state index contributed by atoms with van der Waals surface area (Å²) < 4.78 is 47.8. The molecular formula is C23H20BrFN4O4S2. The summed E-state index contributed by atoms with van der Waals surface area (Å²) in [6, 6.07) is 11.0. The van der Waals surface area contributed by atoms with Gasteiger partial charge in [-0.05, 0) is 36.8 Å². The number of sulfonamides is 1. The zero-order valence-electron chi connectivity index (χ0n) is 18.4. The number of hydrogen-bond acceptors (Lipinski definition) is 8. The normalized spacial score (nSPS) is 16.0. The highest BCUT2D eigenvalue weighted by atomic mass is 79.9. The Hall–Kier alpha value is -2.93. The lowest BCUT2D eigenvalue weighted by Crippen LogP contribution is -2.39. The van der Waals surface area contributed by atoms with Crippen LogP contribution in [0.2, 0.25) is 0 Å². The Morgan fingerprint density at radius 3 is 2.69 bits per heavy atom. The Labute approximate surface area is 214 Å². The van der Waals surface area contributed by atoms with Gasteiger partial charge in [0, 0.05) is 21.7 Å². The largest absolute Gasteiger partial charge is 0.463 e. The first kappa shape index (κ1) is 25.2. The van der Waals surface area contributed by atoms with Crippen LogP contribution in [0.1, 0.15) is 23.5 Å². The van der Waals surface area contributed by atoms with Crippen molar-refractivity contribution in [3.63, 3.8) is 0 Å². The van der Waals surface area contributed by atoms with Crippen LogP contribution in [-0.2, 0) is 19.6 Å². The van der Waals surface area contributed by atoms with Crippen LogP contribution >= 0.6 is 27.3 Å². The van der Waals surface area contributed by atoms with E-state index in [-0.39, 0.29) is 29.3 Å². The van der Waals surface area contributed by atoms with Crippen LogP contribution in [0.4, 0.5) is 4.39 Å². The lowest BCUT2D eigenvalue weighted by atomic mass is 9.95. The first-order valence-corrected chi connectivity index (χ1v) is 13.6. The van der Waals surface area contributed by atoms with Gasteiger partial charge in [-0.3, -0.25) is 4.99 Å². The third-order valence-electron chi connectivity index (χ3n) is 5.01. The fourth-order valence-electron chi connectivity index (χ4n) is 3.43. The van der Waals surface area contributed by atoms with Crippen LogP contribution in [0.25, 0.3) is 0 Å². The number of nitrogens with one attached hydrogen (secondary N) is 2. The van der Waals surface area contributed by atoms with E-state index in [0.29, 0.717) is 20.9 Å². The molecule has 12 heteroatoms. The summed E-state index contributed by atoms with van der Waals surface area (Å²) in [6.45, 7) is 1.52. The second-order valence-electron chi connectivity index (χ2n) is 7.26. The van der Waals surface area contributed by atoms with Crippen LogP contribution in [-0.4, -0.2) is 38.4 Å². The number of hydrogen-bond donors (Lipinski definition) is 2. The van der Waals surface area contributed by atoms with Crippen LogP contribution in [0.5, 0.6) is 0 Å². The second-order valence-corrected chi connectivity index (χ2v) is 10.8. The molecule has 182 valence electrons. The number of aromatic nitrogens is 1. The van der Waals surface area contributed by atoms with Gasteiger partial charge in [0.15, 0.2) is 10.8 Å². The molecule has 2 N–H and O–H groups in total. The molecule has 4 rings (SSSR count). The predicted octanol–water partition coefficient (Wildman–Crippen LogP) is 3.93. The van der Waals surface area contributed by atoms with E-state index in [1.807, 2.05) is 0 Å². The summed E-state index contributed by atoms with van der Waals surface area (Å²) in [5.74, 6) is -0.781. The van der Waals surface area contributed by atoms with E-state index in [1.54, 1.807) is 36.7 Å². The number of carbonyl (C=O) groups is 1. The number of aliphatic imine (C=N–C) groups is 1. The average molecular weight is 579 g/mol. The smallest absolute Gasteiger partial charge is 0.338 e. The molecule has 0 radical (unpaired) electrons. The highest BCUT2D eigenvalue weighted by Gasteiger charge is 2.34. The third-order valence-corrected chi connectivity index (χ3v) is 7.89. The molecule has 0 spiro atoms.